The maximum absolute atomic E-state index is 14.9. The van der Waals surface area contributed by atoms with E-state index in [2.05, 4.69) is 0 Å². The fraction of sp³-hybridized carbons (Fsp3) is 0.0256. The maximum atomic E-state index is 14.9. The van der Waals surface area contributed by atoms with Crippen LogP contribution in [0.15, 0.2) is 182 Å². The van der Waals surface area contributed by atoms with Gasteiger partial charge in [-0.1, -0.05) is 0 Å². The summed E-state index contributed by atoms with van der Waals surface area (Å²) in [6.45, 7) is 0. The molecule has 0 spiro atoms. The molecule has 247 valence electrons. The van der Waals surface area contributed by atoms with E-state index in [9.17, 15) is 22.8 Å². The summed E-state index contributed by atoms with van der Waals surface area (Å²) < 4.78 is 50.7. The molecule has 0 unspecified atom stereocenters. The van der Waals surface area contributed by atoms with Crippen LogP contribution in [-0.2, 0) is 27.3 Å². The molecule has 0 aliphatic carbocycles. The molecule has 3 nitrogen and oxygen atoms in total. The van der Waals surface area contributed by atoms with Crippen LogP contribution in [0.25, 0.3) is 0 Å². The Labute approximate surface area is 281 Å². The Morgan fingerprint density at radius 1 is 0.458 bits per heavy atom. The zero-order chi connectivity index (χ0) is 33.7. The minimum atomic E-state index is -5.36. The topological polar surface area (TPSA) is 43.4 Å². The van der Waals surface area contributed by atoms with E-state index in [1.807, 2.05) is 182 Å². The summed E-state index contributed by atoms with van der Waals surface area (Å²) in [6, 6.07) is 55.6. The Kier molecular flexibility index (Phi) is 9.86. The average Bonchev–Trinajstić information content (AvgIpc) is 3.14. The Morgan fingerprint density at radius 3 is 0.833 bits per heavy atom. The molecule has 0 N–H and O–H groups in total. The first-order valence-corrected chi connectivity index (χ1v) is 25.3. The van der Waals surface area contributed by atoms with Crippen LogP contribution in [0.2, 0.25) is 0 Å². The second kappa shape index (κ2) is 14.1. The van der Waals surface area contributed by atoms with E-state index in [-0.39, 0.29) is 0 Å². The summed E-state index contributed by atoms with van der Waals surface area (Å²) in [5, 5.41) is 4.12. The summed E-state index contributed by atoms with van der Waals surface area (Å²) in [5.41, 5.74) is -8.24. The number of alkyl halides is 3. The predicted molar refractivity (Wildman–Crippen MR) is 192 cm³/mol. The van der Waals surface area contributed by atoms with Gasteiger partial charge in [0.1, 0.15) is 0 Å². The molecule has 9 heteroatoms. The molecule has 0 fully saturated rings. The molecule has 0 heterocycles. The SMILES string of the molecule is O=[CH][Rh]([O]C(=O)C(F)(F)F)([PH](c1ccccc1)(c1ccccc1)c1ccccc1)[PH](c1ccccc1)(c1ccccc1)c1ccccc1. The molecule has 0 amide bonds. The minimum absolute atomic E-state index is 0.686. The molecule has 0 atom stereocenters. The van der Waals surface area contributed by atoms with E-state index in [1.54, 1.807) is 0 Å². The third-order valence-corrected chi connectivity index (χ3v) is 47.8. The Morgan fingerprint density at radius 2 is 0.667 bits per heavy atom. The van der Waals surface area contributed by atoms with Gasteiger partial charge in [0, 0.05) is 0 Å². The van der Waals surface area contributed by atoms with Crippen LogP contribution in [0.5, 0.6) is 0 Å². The van der Waals surface area contributed by atoms with E-state index < -0.39 is 37.5 Å². The van der Waals surface area contributed by atoms with Crippen molar-refractivity contribution in [2.24, 2.45) is 0 Å². The predicted octanol–water partition coefficient (Wildman–Crippen LogP) is 6.63. The summed E-state index contributed by atoms with van der Waals surface area (Å²) in [4.78, 5) is 29.3. The van der Waals surface area contributed by atoms with Gasteiger partial charge in [-0.2, -0.15) is 0 Å². The number of halogens is 3. The molecule has 0 radical (unpaired) electrons. The first kappa shape index (κ1) is 33.6. The van der Waals surface area contributed by atoms with Crippen molar-refractivity contribution in [1.29, 1.82) is 0 Å². The number of carbonyl (C=O) groups is 2. The van der Waals surface area contributed by atoms with Crippen molar-refractivity contribution in [2.75, 3.05) is 0 Å². The van der Waals surface area contributed by atoms with Crippen LogP contribution in [0.1, 0.15) is 0 Å². The van der Waals surface area contributed by atoms with Crippen molar-refractivity contribution in [3.63, 3.8) is 0 Å². The molecule has 0 bridgehead atoms. The number of hydrogen-bond acceptors (Lipinski definition) is 3. The van der Waals surface area contributed by atoms with Crippen LogP contribution < -0.4 is 31.8 Å². The Hall–Kier alpha value is -4.27. The molecule has 0 saturated heterocycles. The number of benzene rings is 6. The van der Waals surface area contributed by atoms with Gasteiger partial charge in [-0.25, -0.2) is 0 Å². The normalized spacial score (nSPS) is 14.6. The summed E-state index contributed by atoms with van der Waals surface area (Å²) >= 11 is -5.30. The second-order valence-corrected chi connectivity index (χ2v) is 35.2. The van der Waals surface area contributed by atoms with Crippen molar-refractivity contribution >= 4 is 53.9 Å². The quantitative estimate of drug-likeness (QED) is 0.0893. The van der Waals surface area contributed by atoms with Crippen LogP contribution in [0.4, 0.5) is 13.2 Å². The molecule has 48 heavy (non-hydrogen) atoms. The van der Waals surface area contributed by atoms with Gasteiger partial charge < -0.3 is 0 Å². The molecule has 6 aromatic carbocycles. The first-order chi connectivity index (χ1) is 23.3. The van der Waals surface area contributed by atoms with Gasteiger partial charge in [0.05, 0.1) is 0 Å². The number of rotatable bonds is 10. The number of hydrogen-bond donors (Lipinski definition) is 0. The van der Waals surface area contributed by atoms with Gasteiger partial charge in [-0.05, 0) is 0 Å². The molecular formula is C39H33F3O3P2Rh. The average molecular weight is 772 g/mol. The van der Waals surface area contributed by atoms with Gasteiger partial charge in [-0.3, -0.25) is 0 Å². The van der Waals surface area contributed by atoms with Crippen LogP contribution in [-0.4, -0.2) is 17.0 Å². The fourth-order valence-electron chi connectivity index (χ4n) is 6.38. The monoisotopic (exact) mass is 771 g/mol. The summed E-state index contributed by atoms with van der Waals surface area (Å²) in [5.74, 6) is -2.35. The zero-order valence-electron chi connectivity index (χ0n) is 25.6. The molecule has 0 aliphatic heterocycles. The van der Waals surface area contributed by atoms with Crippen molar-refractivity contribution in [3.8, 4) is 0 Å². The third kappa shape index (κ3) is 5.55. The molecule has 6 rings (SSSR count). The van der Waals surface area contributed by atoms with E-state index in [0.29, 0.717) is 36.7 Å². The van der Waals surface area contributed by atoms with Crippen LogP contribution in [0, 0.1) is 0 Å². The van der Waals surface area contributed by atoms with E-state index >= 15 is 0 Å². The van der Waals surface area contributed by atoms with Crippen molar-refractivity contribution in [1.82, 2.24) is 0 Å². The van der Waals surface area contributed by atoms with E-state index in [0.717, 1.165) is 0 Å². The van der Waals surface area contributed by atoms with E-state index in [4.69, 9.17) is 3.56 Å². The molecule has 6 aromatic rings. The van der Waals surface area contributed by atoms with Gasteiger partial charge in [0.2, 0.25) is 0 Å². The molecule has 0 aliphatic rings. The molecule has 0 saturated carbocycles. The second-order valence-electron chi connectivity index (χ2n) is 10.9. The van der Waals surface area contributed by atoms with Gasteiger partial charge in [0.25, 0.3) is 0 Å². The fourth-order valence-corrected chi connectivity index (χ4v) is 56.7. The van der Waals surface area contributed by atoms with Crippen molar-refractivity contribution < 1.29 is 40.5 Å². The molecule has 0 aromatic heterocycles. The third-order valence-electron chi connectivity index (χ3n) is 8.21. The van der Waals surface area contributed by atoms with E-state index in [1.165, 1.54) is 0 Å². The summed E-state index contributed by atoms with van der Waals surface area (Å²) in [6.07, 6.45) is -5.36. The Balaban J connectivity index is 1.98. The van der Waals surface area contributed by atoms with Gasteiger partial charge in [-0.15, -0.1) is 0 Å². The van der Waals surface area contributed by atoms with Crippen molar-refractivity contribution in [3.05, 3.63) is 182 Å². The van der Waals surface area contributed by atoms with Crippen LogP contribution >= 0.6 is 11.2 Å². The van der Waals surface area contributed by atoms with Gasteiger partial charge >= 0.3 is 283 Å². The van der Waals surface area contributed by atoms with Crippen molar-refractivity contribution in [2.45, 2.75) is 6.18 Å². The first-order valence-electron chi connectivity index (χ1n) is 15.1. The van der Waals surface area contributed by atoms with Crippen LogP contribution in [0.3, 0.4) is 0 Å². The zero-order valence-corrected chi connectivity index (χ0v) is 29.2. The Bertz CT molecular complexity index is 1650. The van der Waals surface area contributed by atoms with Gasteiger partial charge in [0.15, 0.2) is 0 Å². The summed E-state index contributed by atoms with van der Waals surface area (Å²) in [7, 11) is 0. The molecular weight excluding hydrogens is 738 g/mol. The number of carbonyl (C=O) groups excluding carboxylic acids is 2. The standard InChI is InChI=1S/2C18H15P.C2HF3O2.CHO.Rh/c2*1-4-10-16(11-5-1)19(17-12-6-2-7-13-17)18-14-8-3-9-15-18;3-2(4,5)1(6)7;1-2;/h2*1-15H;(H,6,7);1H;/q;;;;-1/p+1.